The Labute approximate surface area is 121 Å². The molecule has 0 aliphatic heterocycles. The van der Waals surface area contributed by atoms with Crippen LogP contribution in [0.3, 0.4) is 0 Å². The lowest BCUT2D eigenvalue weighted by Gasteiger charge is -2.23. The first-order chi connectivity index (χ1) is 9.15. The number of hydrogen-bond donors (Lipinski definition) is 1. The van der Waals surface area contributed by atoms with Crippen LogP contribution in [0, 0.1) is 5.92 Å². The zero-order valence-electron chi connectivity index (χ0n) is 12.3. The molecular weight excluding hydrogens is 258 g/mol. The molecule has 0 aromatic carbocycles. The Hall–Kier alpha value is -0.540. The molecule has 1 aromatic rings. The fourth-order valence-electron chi connectivity index (χ4n) is 3.21. The molecule has 2 unspecified atom stereocenters. The normalized spacial score (nSPS) is 23.4. The van der Waals surface area contributed by atoms with Crippen molar-refractivity contribution in [2.75, 3.05) is 13.1 Å². The SMILES string of the molecule is CCCNCC1CCCC1c1c(Cl)cnn1C(C)C. The van der Waals surface area contributed by atoms with Gasteiger partial charge in [0, 0.05) is 12.0 Å². The molecule has 0 saturated heterocycles. The van der Waals surface area contributed by atoms with Gasteiger partial charge >= 0.3 is 0 Å². The minimum absolute atomic E-state index is 0.382. The third kappa shape index (κ3) is 3.32. The second-order valence-electron chi connectivity index (χ2n) is 5.92. The summed E-state index contributed by atoms with van der Waals surface area (Å²) in [6.07, 6.45) is 6.87. The highest BCUT2D eigenvalue weighted by molar-refractivity contribution is 6.31. The molecule has 1 N–H and O–H groups in total. The first-order valence-corrected chi connectivity index (χ1v) is 7.96. The highest BCUT2D eigenvalue weighted by Gasteiger charge is 2.32. The van der Waals surface area contributed by atoms with Gasteiger partial charge in [-0.25, -0.2) is 0 Å². The number of nitrogens with zero attached hydrogens (tertiary/aromatic N) is 2. The van der Waals surface area contributed by atoms with Gasteiger partial charge in [-0.3, -0.25) is 4.68 Å². The van der Waals surface area contributed by atoms with Crippen molar-refractivity contribution >= 4 is 11.6 Å². The molecule has 1 aromatic heterocycles. The summed E-state index contributed by atoms with van der Waals surface area (Å²) in [5, 5.41) is 8.87. The summed E-state index contributed by atoms with van der Waals surface area (Å²) < 4.78 is 2.12. The van der Waals surface area contributed by atoms with Gasteiger partial charge in [0.2, 0.25) is 0 Å². The third-order valence-electron chi connectivity index (χ3n) is 4.12. The predicted octanol–water partition coefficient (Wildman–Crippen LogP) is 4.00. The molecule has 2 rings (SSSR count). The molecule has 1 fully saturated rings. The van der Waals surface area contributed by atoms with Gasteiger partial charge < -0.3 is 5.32 Å². The van der Waals surface area contributed by atoms with Crippen LogP contribution in [-0.4, -0.2) is 22.9 Å². The van der Waals surface area contributed by atoms with Gasteiger partial charge in [0.15, 0.2) is 0 Å². The van der Waals surface area contributed by atoms with Crippen LogP contribution in [0.15, 0.2) is 6.20 Å². The lowest BCUT2D eigenvalue weighted by atomic mass is 9.92. The van der Waals surface area contributed by atoms with Gasteiger partial charge in [-0.15, -0.1) is 0 Å². The summed E-state index contributed by atoms with van der Waals surface area (Å²) in [4.78, 5) is 0. The summed E-state index contributed by atoms with van der Waals surface area (Å²) in [7, 11) is 0. The summed E-state index contributed by atoms with van der Waals surface area (Å²) >= 11 is 6.39. The van der Waals surface area contributed by atoms with Crippen LogP contribution in [-0.2, 0) is 0 Å². The van der Waals surface area contributed by atoms with Gasteiger partial charge in [0.1, 0.15) is 0 Å². The fraction of sp³-hybridized carbons (Fsp3) is 0.800. The van der Waals surface area contributed by atoms with E-state index in [0.717, 1.165) is 18.1 Å². The maximum absolute atomic E-state index is 6.39. The minimum atomic E-state index is 0.382. The Kier molecular flexibility index (Phi) is 5.28. The predicted molar refractivity (Wildman–Crippen MR) is 80.9 cm³/mol. The monoisotopic (exact) mass is 283 g/mol. The molecular formula is C15H26ClN3. The van der Waals surface area contributed by atoms with E-state index in [4.69, 9.17) is 11.6 Å². The summed E-state index contributed by atoms with van der Waals surface area (Å²) in [6, 6.07) is 0.382. The Morgan fingerprint density at radius 2 is 2.26 bits per heavy atom. The van der Waals surface area contributed by atoms with E-state index >= 15 is 0 Å². The van der Waals surface area contributed by atoms with E-state index in [2.05, 4.69) is 35.9 Å². The molecule has 0 bridgehead atoms. The molecule has 108 valence electrons. The maximum atomic E-state index is 6.39. The lowest BCUT2D eigenvalue weighted by Crippen LogP contribution is -2.26. The average molecular weight is 284 g/mol. The minimum Gasteiger partial charge on any atom is -0.316 e. The van der Waals surface area contributed by atoms with Crippen molar-refractivity contribution in [1.29, 1.82) is 0 Å². The lowest BCUT2D eigenvalue weighted by molar-refractivity contribution is 0.406. The summed E-state index contributed by atoms with van der Waals surface area (Å²) in [6.45, 7) is 8.78. The molecule has 2 atom stereocenters. The highest BCUT2D eigenvalue weighted by Crippen LogP contribution is 2.42. The second-order valence-corrected chi connectivity index (χ2v) is 6.32. The molecule has 1 saturated carbocycles. The van der Waals surface area contributed by atoms with Crippen molar-refractivity contribution < 1.29 is 0 Å². The zero-order chi connectivity index (χ0) is 13.8. The summed E-state index contributed by atoms with van der Waals surface area (Å²) in [5.74, 6) is 1.28. The van der Waals surface area contributed by atoms with Gasteiger partial charge in [0.25, 0.3) is 0 Å². The second kappa shape index (κ2) is 6.76. The van der Waals surface area contributed by atoms with Gasteiger partial charge in [-0.1, -0.05) is 24.9 Å². The Morgan fingerprint density at radius 3 is 2.95 bits per heavy atom. The third-order valence-corrected chi connectivity index (χ3v) is 4.41. The number of hydrogen-bond acceptors (Lipinski definition) is 2. The Bertz CT molecular complexity index is 400. The van der Waals surface area contributed by atoms with Crippen LogP contribution in [0.4, 0.5) is 0 Å². The van der Waals surface area contributed by atoms with E-state index < -0.39 is 0 Å². The first kappa shape index (κ1) is 14.9. The Morgan fingerprint density at radius 1 is 1.47 bits per heavy atom. The van der Waals surface area contributed by atoms with E-state index in [1.54, 1.807) is 0 Å². The van der Waals surface area contributed by atoms with Crippen molar-refractivity contribution in [3.63, 3.8) is 0 Å². The molecule has 3 nitrogen and oxygen atoms in total. The number of rotatable bonds is 6. The Balaban J connectivity index is 2.13. The van der Waals surface area contributed by atoms with Crippen molar-refractivity contribution in [2.24, 2.45) is 5.92 Å². The van der Waals surface area contributed by atoms with Crippen molar-refractivity contribution in [3.8, 4) is 0 Å². The van der Waals surface area contributed by atoms with Gasteiger partial charge in [-0.05, 0) is 52.1 Å². The molecule has 4 heteroatoms. The van der Waals surface area contributed by atoms with E-state index in [9.17, 15) is 0 Å². The molecule has 0 spiro atoms. The van der Waals surface area contributed by atoms with E-state index in [0.29, 0.717) is 17.9 Å². The molecule has 0 amide bonds. The molecule has 19 heavy (non-hydrogen) atoms. The molecule has 1 aliphatic rings. The van der Waals surface area contributed by atoms with E-state index in [1.165, 1.54) is 31.4 Å². The van der Waals surface area contributed by atoms with Crippen LogP contribution >= 0.6 is 11.6 Å². The average Bonchev–Trinajstić information content (AvgIpc) is 2.95. The van der Waals surface area contributed by atoms with Crippen molar-refractivity contribution in [2.45, 2.75) is 58.4 Å². The van der Waals surface area contributed by atoms with Crippen molar-refractivity contribution in [1.82, 2.24) is 15.1 Å². The first-order valence-electron chi connectivity index (χ1n) is 7.58. The standard InChI is InChI=1S/C15H26ClN3/c1-4-8-17-9-12-6-5-7-13(12)15-14(16)10-18-19(15)11(2)3/h10-13,17H,4-9H2,1-3H3. The number of halogens is 1. The van der Waals surface area contributed by atoms with Crippen LogP contribution in [0.5, 0.6) is 0 Å². The van der Waals surface area contributed by atoms with Gasteiger partial charge in [-0.2, -0.15) is 5.10 Å². The number of nitrogens with one attached hydrogen (secondary N) is 1. The van der Waals surface area contributed by atoms with Crippen molar-refractivity contribution in [3.05, 3.63) is 16.9 Å². The topological polar surface area (TPSA) is 29.9 Å². The quantitative estimate of drug-likeness (QED) is 0.800. The molecule has 1 heterocycles. The summed E-state index contributed by atoms with van der Waals surface area (Å²) in [5.41, 5.74) is 1.26. The zero-order valence-corrected chi connectivity index (χ0v) is 13.1. The molecule has 0 radical (unpaired) electrons. The van der Waals surface area contributed by atoms with Crippen LogP contribution < -0.4 is 5.32 Å². The van der Waals surface area contributed by atoms with E-state index in [-0.39, 0.29) is 0 Å². The van der Waals surface area contributed by atoms with Crippen LogP contribution in [0.25, 0.3) is 0 Å². The highest BCUT2D eigenvalue weighted by atomic mass is 35.5. The largest absolute Gasteiger partial charge is 0.316 e. The number of aromatic nitrogens is 2. The molecule has 1 aliphatic carbocycles. The smallest absolute Gasteiger partial charge is 0.0820 e. The van der Waals surface area contributed by atoms with Crippen LogP contribution in [0.1, 0.15) is 64.1 Å². The van der Waals surface area contributed by atoms with Gasteiger partial charge in [0.05, 0.1) is 16.9 Å². The van der Waals surface area contributed by atoms with E-state index in [1.807, 2.05) is 6.20 Å². The fourth-order valence-corrected chi connectivity index (χ4v) is 3.48. The maximum Gasteiger partial charge on any atom is 0.0820 e. The van der Waals surface area contributed by atoms with Crippen LogP contribution in [0.2, 0.25) is 5.02 Å².